The van der Waals surface area contributed by atoms with E-state index in [2.05, 4.69) is 21.2 Å². The Morgan fingerprint density at radius 2 is 1.95 bits per heavy atom. The van der Waals surface area contributed by atoms with E-state index in [1.165, 1.54) is 6.07 Å². The molecule has 0 radical (unpaired) electrons. The van der Waals surface area contributed by atoms with Crippen molar-refractivity contribution in [3.8, 4) is 0 Å². The minimum atomic E-state index is -4.39. The maximum absolute atomic E-state index is 12.7. The summed E-state index contributed by atoms with van der Waals surface area (Å²) in [6, 6.07) is 4.01. The van der Waals surface area contributed by atoms with Gasteiger partial charge in [0.25, 0.3) is 0 Å². The molecule has 0 aliphatic rings. The fourth-order valence-corrected chi connectivity index (χ4v) is 1.93. The van der Waals surface area contributed by atoms with Gasteiger partial charge in [0.2, 0.25) is 0 Å². The Hall–Kier alpha value is -0.750. The summed E-state index contributed by atoms with van der Waals surface area (Å²) in [5, 5.41) is 12.2. The summed E-state index contributed by atoms with van der Waals surface area (Å²) in [5.41, 5.74) is -0.658. The van der Waals surface area contributed by atoms with E-state index in [9.17, 15) is 18.3 Å². The van der Waals surface area contributed by atoms with Crippen molar-refractivity contribution in [2.75, 3.05) is 18.5 Å². The molecule has 0 aliphatic carbocycles. The van der Waals surface area contributed by atoms with Gasteiger partial charge in [-0.25, -0.2) is 0 Å². The summed E-state index contributed by atoms with van der Waals surface area (Å²) in [7, 11) is 0. The topological polar surface area (TPSA) is 32.3 Å². The van der Waals surface area contributed by atoms with Crippen molar-refractivity contribution in [2.45, 2.75) is 26.4 Å². The molecule has 1 rings (SSSR count). The number of hydrogen-bond acceptors (Lipinski definition) is 2. The number of halogens is 4. The van der Waals surface area contributed by atoms with Crippen molar-refractivity contribution >= 4 is 21.6 Å². The van der Waals surface area contributed by atoms with Crippen LogP contribution in [-0.4, -0.2) is 18.3 Å². The lowest BCUT2D eigenvalue weighted by Gasteiger charge is -2.26. The highest BCUT2D eigenvalue weighted by atomic mass is 79.9. The first kappa shape index (κ1) is 16.3. The third kappa shape index (κ3) is 4.38. The van der Waals surface area contributed by atoms with Crippen molar-refractivity contribution in [1.29, 1.82) is 0 Å². The number of aliphatic hydroxyl groups excluding tert-OH is 1. The molecular formula is C13H17BrF3NO. The Morgan fingerprint density at radius 3 is 2.42 bits per heavy atom. The lowest BCUT2D eigenvalue weighted by molar-refractivity contribution is -0.138. The molecule has 1 aromatic carbocycles. The van der Waals surface area contributed by atoms with Gasteiger partial charge in [0.15, 0.2) is 0 Å². The Kier molecular flexibility index (Phi) is 5.26. The lowest BCUT2D eigenvalue weighted by Crippen LogP contribution is -2.29. The van der Waals surface area contributed by atoms with Gasteiger partial charge < -0.3 is 10.4 Å². The molecule has 0 heterocycles. The van der Waals surface area contributed by atoms with Crippen LogP contribution in [-0.2, 0) is 6.18 Å². The molecule has 108 valence electrons. The lowest BCUT2D eigenvalue weighted by atomic mass is 9.88. The van der Waals surface area contributed by atoms with Crippen LogP contribution in [0.3, 0.4) is 0 Å². The van der Waals surface area contributed by atoms with Crippen LogP contribution in [0.4, 0.5) is 18.9 Å². The molecule has 0 amide bonds. The molecule has 1 aromatic rings. The Labute approximate surface area is 119 Å². The Morgan fingerprint density at radius 1 is 1.32 bits per heavy atom. The number of aliphatic hydroxyl groups is 1. The van der Waals surface area contributed by atoms with Crippen LogP contribution in [0.5, 0.6) is 0 Å². The number of alkyl halides is 3. The standard InChI is InChI=1S/C13H17BrF3NO/c1-3-12(2,8-19)7-18-9-4-5-11(14)10(6-9)13(15,16)17/h4-6,18-19H,3,7-8H2,1-2H3. The quantitative estimate of drug-likeness (QED) is 0.838. The number of rotatable bonds is 5. The van der Waals surface area contributed by atoms with Crippen LogP contribution in [0.2, 0.25) is 0 Å². The largest absolute Gasteiger partial charge is 0.417 e. The predicted molar refractivity (Wildman–Crippen MR) is 73.1 cm³/mol. The first-order valence-electron chi connectivity index (χ1n) is 5.93. The molecule has 1 atom stereocenters. The first-order chi connectivity index (χ1) is 8.72. The number of hydrogen-bond donors (Lipinski definition) is 2. The highest BCUT2D eigenvalue weighted by molar-refractivity contribution is 9.10. The predicted octanol–water partition coefficient (Wildman–Crippen LogP) is 4.29. The molecule has 0 aliphatic heterocycles. The number of anilines is 1. The number of benzene rings is 1. The second-order valence-electron chi connectivity index (χ2n) is 4.87. The summed E-state index contributed by atoms with van der Waals surface area (Å²) in [4.78, 5) is 0. The van der Waals surface area contributed by atoms with E-state index in [1.807, 2.05) is 13.8 Å². The van der Waals surface area contributed by atoms with Crippen molar-refractivity contribution in [3.63, 3.8) is 0 Å². The van der Waals surface area contributed by atoms with E-state index in [-0.39, 0.29) is 16.5 Å². The summed E-state index contributed by atoms with van der Waals surface area (Å²) in [6.07, 6.45) is -3.65. The van der Waals surface area contributed by atoms with Gasteiger partial charge in [0, 0.05) is 22.1 Å². The minimum Gasteiger partial charge on any atom is -0.396 e. The normalized spacial score (nSPS) is 15.1. The van der Waals surface area contributed by atoms with Crippen LogP contribution in [0.25, 0.3) is 0 Å². The average Bonchev–Trinajstić information content (AvgIpc) is 2.36. The molecule has 19 heavy (non-hydrogen) atoms. The summed E-state index contributed by atoms with van der Waals surface area (Å²) in [6.45, 7) is 4.21. The zero-order valence-electron chi connectivity index (χ0n) is 10.8. The van der Waals surface area contributed by atoms with Crippen molar-refractivity contribution in [1.82, 2.24) is 0 Å². The first-order valence-corrected chi connectivity index (χ1v) is 6.72. The van der Waals surface area contributed by atoms with Gasteiger partial charge in [-0.1, -0.05) is 29.8 Å². The Balaban J connectivity index is 2.87. The summed E-state index contributed by atoms with van der Waals surface area (Å²) >= 11 is 2.90. The molecule has 6 heteroatoms. The average molecular weight is 340 g/mol. The van der Waals surface area contributed by atoms with E-state index >= 15 is 0 Å². The van der Waals surface area contributed by atoms with Crippen LogP contribution in [0.1, 0.15) is 25.8 Å². The van der Waals surface area contributed by atoms with E-state index < -0.39 is 11.7 Å². The van der Waals surface area contributed by atoms with E-state index in [0.29, 0.717) is 12.2 Å². The second kappa shape index (κ2) is 6.13. The van der Waals surface area contributed by atoms with Crippen LogP contribution in [0.15, 0.2) is 22.7 Å². The highest BCUT2D eigenvalue weighted by Crippen LogP contribution is 2.36. The van der Waals surface area contributed by atoms with Crippen LogP contribution >= 0.6 is 15.9 Å². The Bertz CT molecular complexity index is 430. The molecule has 0 aromatic heterocycles. The van der Waals surface area contributed by atoms with Gasteiger partial charge in [-0.15, -0.1) is 0 Å². The van der Waals surface area contributed by atoms with Gasteiger partial charge in [-0.2, -0.15) is 13.2 Å². The van der Waals surface area contributed by atoms with E-state index in [4.69, 9.17) is 0 Å². The monoisotopic (exact) mass is 339 g/mol. The van der Waals surface area contributed by atoms with Gasteiger partial charge in [0.1, 0.15) is 0 Å². The minimum absolute atomic E-state index is 0.0147. The maximum atomic E-state index is 12.7. The maximum Gasteiger partial charge on any atom is 0.417 e. The van der Waals surface area contributed by atoms with Gasteiger partial charge in [-0.3, -0.25) is 0 Å². The molecule has 0 saturated heterocycles. The molecule has 0 bridgehead atoms. The smallest absolute Gasteiger partial charge is 0.396 e. The fourth-order valence-electron chi connectivity index (χ4n) is 1.46. The van der Waals surface area contributed by atoms with Crippen molar-refractivity contribution < 1.29 is 18.3 Å². The van der Waals surface area contributed by atoms with Gasteiger partial charge >= 0.3 is 6.18 Å². The molecule has 0 saturated carbocycles. The van der Waals surface area contributed by atoms with Crippen molar-refractivity contribution in [3.05, 3.63) is 28.2 Å². The van der Waals surface area contributed by atoms with Gasteiger partial charge in [0.05, 0.1) is 12.2 Å². The molecule has 2 N–H and O–H groups in total. The van der Waals surface area contributed by atoms with E-state index in [1.54, 1.807) is 6.07 Å². The molecule has 1 unspecified atom stereocenters. The second-order valence-corrected chi connectivity index (χ2v) is 5.72. The van der Waals surface area contributed by atoms with Gasteiger partial charge in [-0.05, 0) is 24.6 Å². The molecule has 2 nitrogen and oxygen atoms in total. The van der Waals surface area contributed by atoms with Crippen LogP contribution < -0.4 is 5.32 Å². The summed E-state index contributed by atoms with van der Waals surface area (Å²) < 4.78 is 38.2. The SMILES string of the molecule is CCC(C)(CO)CNc1ccc(Br)c(C(F)(F)F)c1. The zero-order chi connectivity index (χ0) is 14.7. The van der Waals surface area contributed by atoms with Crippen molar-refractivity contribution in [2.24, 2.45) is 5.41 Å². The molecule has 0 fully saturated rings. The molecular weight excluding hydrogens is 323 g/mol. The third-order valence-electron chi connectivity index (χ3n) is 3.23. The highest BCUT2D eigenvalue weighted by Gasteiger charge is 2.33. The summed E-state index contributed by atoms with van der Waals surface area (Å²) in [5.74, 6) is 0. The molecule has 0 spiro atoms. The number of nitrogens with one attached hydrogen (secondary N) is 1. The zero-order valence-corrected chi connectivity index (χ0v) is 12.4. The van der Waals surface area contributed by atoms with E-state index in [0.717, 1.165) is 12.5 Å². The third-order valence-corrected chi connectivity index (χ3v) is 3.92. The fraction of sp³-hybridized carbons (Fsp3) is 0.538. The van der Waals surface area contributed by atoms with Crippen LogP contribution in [0, 0.1) is 5.41 Å².